The molecule has 0 radical (unpaired) electrons. The normalized spacial score (nSPS) is 20.8. The first-order valence-electron chi connectivity index (χ1n) is 8.01. The van der Waals surface area contributed by atoms with Gasteiger partial charge in [0.2, 0.25) is 0 Å². The topological polar surface area (TPSA) is 73.4 Å². The Hall–Kier alpha value is -2.82. The number of fused-ring (bicyclic) bond motifs is 3. The Kier molecular flexibility index (Phi) is 3.13. The number of rotatable bonds is 2. The Morgan fingerprint density at radius 3 is 2.71 bits per heavy atom. The first-order chi connectivity index (χ1) is 11.5. The Morgan fingerprint density at radius 1 is 1.17 bits per heavy atom. The summed E-state index contributed by atoms with van der Waals surface area (Å²) in [5, 5.41) is 12.6. The van der Waals surface area contributed by atoms with E-state index >= 15 is 0 Å². The van der Waals surface area contributed by atoms with Crippen molar-refractivity contribution in [1.29, 1.82) is 0 Å². The number of H-pyrrole nitrogens is 1. The highest BCUT2D eigenvalue weighted by molar-refractivity contribution is 6.09. The minimum absolute atomic E-state index is 0.139. The van der Waals surface area contributed by atoms with E-state index in [1.807, 2.05) is 42.5 Å². The number of carbonyl (C=O) groups excluding carboxylic acids is 1. The van der Waals surface area contributed by atoms with Crippen molar-refractivity contribution < 1.29 is 14.7 Å². The van der Waals surface area contributed by atoms with Gasteiger partial charge >= 0.3 is 5.97 Å². The molecule has 2 aromatic carbocycles. The molecule has 1 unspecified atom stereocenters. The van der Waals surface area contributed by atoms with Crippen LogP contribution >= 0.6 is 0 Å². The lowest BCUT2D eigenvalue weighted by Gasteiger charge is -2.19. The number of hydrogen-bond donors (Lipinski definition) is 2. The number of nitrogens with one attached hydrogen (secondary N) is 1. The number of aromatic amines is 1. The summed E-state index contributed by atoms with van der Waals surface area (Å²) in [6.45, 7) is 2.41. The Balaban J connectivity index is 1.71. The second-order valence-electron chi connectivity index (χ2n) is 6.77. The van der Waals surface area contributed by atoms with Gasteiger partial charge in [0.1, 0.15) is 5.69 Å². The fraction of sp³-hybridized carbons (Fsp3) is 0.263. The molecule has 5 heteroatoms. The number of nitrogens with zero attached hydrogens (tertiary/aromatic N) is 1. The number of aliphatic carboxylic acids is 1. The summed E-state index contributed by atoms with van der Waals surface area (Å²) in [5.41, 5.74) is 0.571. The van der Waals surface area contributed by atoms with Crippen molar-refractivity contribution in [1.82, 2.24) is 9.88 Å². The zero-order valence-electron chi connectivity index (χ0n) is 13.4. The van der Waals surface area contributed by atoms with Crippen LogP contribution in [-0.4, -0.2) is 40.0 Å². The maximum atomic E-state index is 12.8. The standard InChI is InChI=1S/C19H18N2O3/c1-19(18(23)24)8-9-21(11-19)17(22)16-10-14-13-5-3-2-4-12(13)6-7-15(14)20-16/h2-7,10,20H,8-9,11H2,1H3,(H,23,24). The first kappa shape index (κ1) is 14.8. The van der Waals surface area contributed by atoms with E-state index in [1.54, 1.807) is 11.8 Å². The van der Waals surface area contributed by atoms with Crippen molar-refractivity contribution >= 4 is 33.6 Å². The summed E-state index contributed by atoms with van der Waals surface area (Å²) in [7, 11) is 0. The van der Waals surface area contributed by atoms with Crippen LogP contribution in [0.1, 0.15) is 23.8 Å². The smallest absolute Gasteiger partial charge is 0.311 e. The summed E-state index contributed by atoms with van der Waals surface area (Å²) >= 11 is 0. The molecule has 1 saturated heterocycles. The van der Waals surface area contributed by atoms with Gasteiger partial charge in [0, 0.05) is 24.0 Å². The van der Waals surface area contributed by atoms with Crippen molar-refractivity contribution in [3.63, 3.8) is 0 Å². The molecule has 2 N–H and O–H groups in total. The number of benzene rings is 2. The van der Waals surface area contributed by atoms with Crippen molar-refractivity contribution in [3.8, 4) is 0 Å². The van der Waals surface area contributed by atoms with Crippen LogP contribution in [0.3, 0.4) is 0 Å². The van der Waals surface area contributed by atoms with E-state index in [9.17, 15) is 14.7 Å². The van der Waals surface area contributed by atoms with Crippen molar-refractivity contribution in [2.24, 2.45) is 5.41 Å². The van der Waals surface area contributed by atoms with Crippen LogP contribution in [0.5, 0.6) is 0 Å². The average molecular weight is 322 g/mol. The van der Waals surface area contributed by atoms with Gasteiger partial charge in [-0.05, 0) is 36.2 Å². The lowest BCUT2D eigenvalue weighted by atomic mass is 9.90. The zero-order chi connectivity index (χ0) is 16.9. The van der Waals surface area contributed by atoms with Crippen molar-refractivity contribution in [2.75, 3.05) is 13.1 Å². The lowest BCUT2D eigenvalue weighted by molar-refractivity contribution is -0.147. The fourth-order valence-electron chi connectivity index (χ4n) is 3.48. The van der Waals surface area contributed by atoms with E-state index < -0.39 is 11.4 Å². The molecule has 0 saturated carbocycles. The molecular weight excluding hydrogens is 304 g/mol. The second-order valence-corrected chi connectivity index (χ2v) is 6.77. The van der Waals surface area contributed by atoms with Gasteiger partial charge in [0.15, 0.2) is 0 Å². The molecule has 1 aliphatic heterocycles. The number of carbonyl (C=O) groups is 2. The van der Waals surface area contributed by atoms with Crippen LogP contribution < -0.4 is 0 Å². The van der Waals surface area contributed by atoms with Gasteiger partial charge < -0.3 is 15.0 Å². The van der Waals surface area contributed by atoms with Crippen molar-refractivity contribution in [3.05, 3.63) is 48.2 Å². The van der Waals surface area contributed by atoms with Gasteiger partial charge in [-0.25, -0.2) is 0 Å². The highest BCUT2D eigenvalue weighted by Crippen LogP contribution is 2.32. The van der Waals surface area contributed by atoms with Gasteiger partial charge in [-0.3, -0.25) is 9.59 Å². The number of carboxylic acid groups (broad SMARTS) is 1. The summed E-state index contributed by atoms with van der Waals surface area (Å²) < 4.78 is 0. The highest BCUT2D eigenvalue weighted by atomic mass is 16.4. The van der Waals surface area contributed by atoms with Gasteiger partial charge in [0.25, 0.3) is 5.91 Å². The molecule has 0 spiro atoms. The highest BCUT2D eigenvalue weighted by Gasteiger charge is 2.42. The maximum absolute atomic E-state index is 12.8. The number of likely N-dealkylation sites (tertiary alicyclic amines) is 1. The molecular formula is C19H18N2O3. The van der Waals surface area contributed by atoms with Crippen LogP contribution in [0.15, 0.2) is 42.5 Å². The van der Waals surface area contributed by atoms with Gasteiger partial charge in [0.05, 0.1) is 5.41 Å². The van der Waals surface area contributed by atoms with Gasteiger partial charge in [-0.2, -0.15) is 0 Å². The number of amides is 1. The van der Waals surface area contributed by atoms with Crippen LogP contribution in [0.25, 0.3) is 21.7 Å². The predicted octanol–water partition coefficient (Wildman–Crippen LogP) is 3.26. The van der Waals surface area contributed by atoms with Crippen LogP contribution in [0.4, 0.5) is 0 Å². The number of hydrogen-bond acceptors (Lipinski definition) is 2. The van der Waals surface area contributed by atoms with Crippen LogP contribution in [-0.2, 0) is 4.79 Å². The molecule has 4 rings (SSSR count). The summed E-state index contributed by atoms with van der Waals surface area (Å²) in [6, 6.07) is 13.9. The molecule has 5 nitrogen and oxygen atoms in total. The van der Waals surface area contributed by atoms with E-state index in [4.69, 9.17) is 0 Å². The minimum Gasteiger partial charge on any atom is -0.481 e. The van der Waals surface area contributed by atoms with E-state index in [0.717, 1.165) is 21.7 Å². The SMILES string of the molecule is CC1(C(=O)O)CCN(C(=O)c2cc3c(ccc4ccccc43)[nH]2)C1. The van der Waals surface area contributed by atoms with Gasteiger partial charge in [-0.1, -0.05) is 30.3 Å². The number of aromatic nitrogens is 1. The predicted molar refractivity (Wildman–Crippen MR) is 92.1 cm³/mol. The average Bonchev–Trinajstić information content (AvgIpc) is 3.19. The second kappa shape index (κ2) is 5.09. The third-order valence-electron chi connectivity index (χ3n) is 5.04. The molecule has 122 valence electrons. The third kappa shape index (κ3) is 2.16. The maximum Gasteiger partial charge on any atom is 0.311 e. The summed E-state index contributed by atoms with van der Waals surface area (Å²) in [5.74, 6) is -0.985. The van der Waals surface area contributed by atoms with E-state index in [0.29, 0.717) is 18.7 Å². The van der Waals surface area contributed by atoms with Crippen molar-refractivity contribution in [2.45, 2.75) is 13.3 Å². The van der Waals surface area contributed by atoms with E-state index in [-0.39, 0.29) is 12.5 Å². The Labute approximate surface area is 138 Å². The van der Waals surface area contributed by atoms with Crippen LogP contribution in [0, 0.1) is 5.41 Å². The molecule has 2 heterocycles. The molecule has 24 heavy (non-hydrogen) atoms. The molecule has 1 fully saturated rings. The van der Waals surface area contributed by atoms with Gasteiger partial charge in [-0.15, -0.1) is 0 Å². The Morgan fingerprint density at radius 2 is 1.96 bits per heavy atom. The van der Waals surface area contributed by atoms with E-state index in [2.05, 4.69) is 4.98 Å². The molecule has 1 amide bonds. The minimum atomic E-state index is -0.853. The summed E-state index contributed by atoms with van der Waals surface area (Å²) in [4.78, 5) is 28.9. The lowest BCUT2D eigenvalue weighted by Crippen LogP contribution is -2.35. The zero-order valence-corrected chi connectivity index (χ0v) is 13.4. The first-order valence-corrected chi connectivity index (χ1v) is 8.01. The largest absolute Gasteiger partial charge is 0.481 e. The molecule has 1 aromatic heterocycles. The summed E-state index contributed by atoms with van der Waals surface area (Å²) in [6.07, 6.45) is 0.483. The van der Waals surface area contributed by atoms with E-state index in [1.165, 1.54) is 0 Å². The molecule has 1 atom stereocenters. The number of carboxylic acids is 1. The third-order valence-corrected chi connectivity index (χ3v) is 5.04. The molecule has 0 bridgehead atoms. The fourth-order valence-corrected chi connectivity index (χ4v) is 3.48. The molecule has 0 aliphatic carbocycles. The molecule has 1 aliphatic rings. The monoisotopic (exact) mass is 322 g/mol. The van der Waals surface area contributed by atoms with Crippen LogP contribution in [0.2, 0.25) is 0 Å². The Bertz CT molecular complexity index is 975. The molecule has 3 aromatic rings. The quantitative estimate of drug-likeness (QED) is 0.760.